The van der Waals surface area contributed by atoms with Gasteiger partial charge in [0.05, 0.1) is 6.07 Å². The predicted octanol–water partition coefficient (Wildman–Crippen LogP) is 3.49. The highest BCUT2D eigenvalue weighted by Gasteiger charge is 2.45. The molecule has 0 aliphatic heterocycles. The quantitative estimate of drug-likeness (QED) is 0.726. The Morgan fingerprint density at radius 3 is 2.12 bits per heavy atom. The number of carbonyl (C=O) groups is 1. The maximum absolute atomic E-state index is 12.5. The molecule has 0 aromatic heterocycles. The van der Waals surface area contributed by atoms with Crippen LogP contribution in [0.15, 0.2) is 12.1 Å². The van der Waals surface area contributed by atoms with Crippen LogP contribution in [-0.4, -0.2) is 5.78 Å². The Balaban J connectivity index is 2.49. The molecule has 1 aromatic carbocycles. The third kappa shape index (κ3) is 1.76. The lowest BCUT2D eigenvalue weighted by Crippen LogP contribution is -2.37. The molecule has 0 bridgehead atoms. The number of Topliss-reactive ketones (excluding diaryl/α,β-unsaturated/α-hetero) is 1. The normalized spacial score (nSPS) is 17.1. The molecule has 2 heteroatoms. The second kappa shape index (κ2) is 4.00. The number of hydrogen-bond donors (Lipinski definition) is 0. The standard InChI is InChI=1S/C15H17NO/c1-10-7-11(2)13(12(3)8-10)14(17)15(9-16)5-4-6-15/h7-8H,4-6H2,1-3H3. The van der Waals surface area contributed by atoms with Gasteiger partial charge in [0.2, 0.25) is 0 Å². The lowest BCUT2D eigenvalue weighted by molar-refractivity contribution is 0.0747. The molecule has 0 unspecified atom stereocenters. The smallest absolute Gasteiger partial charge is 0.183 e. The molecule has 0 radical (unpaired) electrons. The predicted molar refractivity (Wildman–Crippen MR) is 66.9 cm³/mol. The summed E-state index contributed by atoms with van der Waals surface area (Å²) in [5, 5.41) is 9.23. The fraction of sp³-hybridized carbons (Fsp3) is 0.467. The topological polar surface area (TPSA) is 40.9 Å². The van der Waals surface area contributed by atoms with E-state index in [9.17, 15) is 10.1 Å². The van der Waals surface area contributed by atoms with Crippen molar-refractivity contribution in [3.8, 4) is 6.07 Å². The van der Waals surface area contributed by atoms with E-state index >= 15 is 0 Å². The Labute approximate surface area is 102 Å². The van der Waals surface area contributed by atoms with E-state index in [-0.39, 0.29) is 5.78 Å². The van der Waals surface area contributed by atoms with Gasteiger partial charge in [-0.3, -0.25) is 4.79 Å². The minimum atomic E-state index is -0.731. The van der Waals surface area contributed by atoms with Gasteiger partial charge in [0.15, 0.2) is 5.78 Å². The highest BCUT2D eigenvalue weighted by molar-refractivity contribution is 6.05. The van der Waals surface area contributed by atoms with E-state index in [1.54, 1.807) is 0 Å². The Hall–Kier alpha value is -1.62. The Bertz CT molecular complexity index is 495. The average Bonchev–Trinajstić information content (AvgIpc) is 2.14. The minimum absolute atomic E-state index is 0.0289. The second-order valence-corrected chi connectivity index (χ2v) is 5.15. The van der Waals surface area contributed by atoms with Crippen LogP contribution in [0.25, 0.3) is 0 Å². The summed E-state index contributed by atoms with van der Waals surface area (Å²) >= 11 is 0. The van der Waals surface area contributed by atoms with Gasteiger partial charge in [-0.2, -0.15) is 5.26 Å². The summed E-state index contributed by atoms with van der Waals surface area (Å²) in [6, 6.07) is 6.27. The molecule has 0 amide bonds. The van der Waals surface area contributed by atoms with Crippen LogP contribution in [0.3, 0.4) is 0 Å². The van der Waals surface area contributed by atoms with Gasteiger partial charge in [-0.25, -0.2) is 0 Å². The zero-order chi connectivity index (χ0) is 12.6. The van der Waals surface area contributed by atoms with Crippen molar-refractivity contribution >= 4 is 5.78 Å². The van der Waals surface area contributed by atoms with Crippen LogP contribution in [0.4, 0.5) is 0 Å². The van der Waals surface area contributed by atoms with Crippen LogP contribution in [0.2, 0.25) is 0 Å². The Kier molecular flexibility index (Phi) is 2.79. The Morgan fingerprint density at radius 1 is 1.24 bits per heavy atom. The zero-order valence-electron chi connectivity index (χ0n) is 10.6. The summed E-state index contributed by atoms with van der Waals surface area (Å²) in [6.07, 6.45) is 2.42. The van der Waals surface area contributed by atoms with E-state index in [2.05, 4.69) is 6.07 Å². The van der Waals surface area contributed by atoms with E-state index in [0.717, 1.165) is 41.5 Å². The number of ketones is 1. The van der Waals surface area contributed by atoms with Crippen molar-refractivity contribution in [3.05, 3.63) is 34.4 Å². The maximum Gasteiger partial charge on any atom is 0.183 e. The van der Waals surface area contributed by atoms with Crippen molar-refractivity contribution in [1.29, 1.82) is 5.26 Å². The number of carbonyl (C=O) groups excluding carboxylic acids is 1. The van der Waals surface area contributed by atoms with Crippen molar-refractivity contribution in [2.24, 2.45) is 5.41 Å². The molecule has 2 nitrogen and oxygen atoms in total. The van der Waals surface area contributed by atoms with Gasteiger partial charge in [-0.1, -0.05) is 17.7 Å². The van der Waals surface area contributed by atoms with E-state index in [1.807, 2.05) is 32.9 Å². The first kappa shape index (κ1) is 11.9. The summed E-state index contributed by atoms with van der Waals surface area (Å²) < 4.78 is 0. The molecule has 1 aromatic rings. The molecule has 17 heavy (non-hydrogen) atoms. The third-order valence-corrected chi connectivity index (χ3v) is 3.76. The fourth-order valence-corrected chi connectivity index (χ4v) is 2.70. The molecule has 0 N–H and O–H groups in total. The number of benzene rings is 1. The number of nitrogens with zero attached hydrogens (tertiary/aromatic N) is 1. The molecule has 1 aliphatic carbocycles. The molecule has 0 saturated heterocycles. The summed E-state index contributed by atoms with van der Waals surface area (Å²) in [5.74, 6) is 0.0289. The van der Waals surface area contributed by atoms with Gasteiger partial charge in [0.25, 0.3) is 0 Å². The summed E-state index contributed by atoms with van der Waals surface area (Å²) in [5.41, 5.74) is 3.18. The van der Waals surface area contributed by atoms with Crippen molar-refractivity contribution in [2.45, 2.75) is 40.0 Å². The first-order valence-corrected chi connectivity index (χ1v) is 6.04. The summed E-state index contributed by atoms with van der Waals surface area (Å²) in [7, 11) is 0. The second-order valence-electron chi connectivity index (χ2n) is 5.15. The van der Waals surface area contributed by atoms with Crippen molar-refractivity contribution in [2.75, 3.05) is 0 Å². The van der Waals surface area contributed by atoms with Crippen LogP contribution in [0.5, 0.6) is 0 Å². The van der Waals surface area contributed by atoms with Gasteiger partial charge in [-0.15, -0.1) is 0 Å². The van der Waals surface area contributed by atoms with Gasteiger partial charge >= 0.3 is 0 Å². The zero-order valence-corrected chi connectivity index (χ0v) is 10.6. The number of rotatable bonds is 2. The molecule has 1 fully saturated rings. The Morgan fingerprint density at radius 2 is 1.76 bits per heavy atom. The van der Waals surface area contributed by atoms with Gasteiger partial charge < -0.3 is 0 Å². The van der Waals surface area contributed by atoms with E-state index in [4.69, 9.17) is 0 Å². The highest BCUT2D eigenvalue weighted by Crippen LogP contribution is 2.43. The monoisotopic (exact) mass is 227 g/mol. The molecular weight excluding hydrogens is 210 g/mol. The van der Waals surface area contributed by atoms with E-state index < -0.39 is 5.41 Å². The maximum atomic E-state index is 12.5. The number of hydrogen-bond acceptors (Lipinski definition) is 2. The molecule has 2 rings (SSSR count). The number of aryl methyl sites for hydroxylation is 3. The molecular formula is C15H17NO. The minimum Gasteiger partial charge on any atom is -0.292 e. The largest absolute Gasteiger partial charge is 0.292 e. The van der Waals surface area contributed by atoms with Crippen molar-refractivity contribution in [1.82, 2.24) is 0 Å². The molecule has 0 heterocycles. The molecule has 1 aliphatic rings. The molecule has 88 valence electrons. The van der Waals surface area contributed by atoms with Crippen LogP contribution in [0.1, 0.15) is 46.3 Å². The van der Waals surface area contributed by atoms with Crippen LogP contribution in [0, 0.1) is 37.5 Å². The van der Waals surface area contributed by atoms with Crippen molar-refractivity contribution in [3.63, 3.8) is 0 Å². The molecule has 1 saturated carbocycles. The van der Waals surface area contributed by atoms with Crippen LogP contribution >= 0.6 is 0 Å². The number of nitriles is 1. The first-order chi connectivity index (χ1) is 8.00. The van der Waals surface area contributed by atoms with Gasteiger partial charge in [0, 0.05) is 5.56 Å². The first-order valence-electron chi connectivity index (χ1n) is 6.04. The van der Waals surface area contributed by atoms with E-state index in [0.29, 0.717) is 0 Å². The summed E-state index contributed by atoms with van der Waals surface area (Å²) in [6.45, 7) is 5.94. The molecule has 0 atom stereocenters. The van der Waals surface area contributed by atoms with Crippen LogP contribution < -0.4 is 0 Å². The van der Waals surface area contributed by atoms with Crippen molar-refractivity contribution < 1.29 is 4.79 Å². The summed E-state index contributed by atoms with van der Waals surface area (Å²) in [4.78, 5) is 12.5. The van der Waals surface area contributed by atoms with Gasteiger partial charge in [-0.05, 0) is 51.2 Å². The average molecular weight is 227 g/mol. The lowest BCUT2D eigenvalue weighted by atomic mass is 9.65. The molecule has 0 spiro atoms. The third-order valence-electron chi connectivity index (χ3n) is 3.76. The SMILES string of the molecule is Cc1cc(C)c(C(=O)C2(C#N)CCC2)c(C)c1. The van der Waals surface area contributed by atoms with Crippen LogP contribution in [-0.2, 0) is 0 Å². The fourth-order valence-electron chi connectivity index (χ4n) is 2.70. The highest BCUT2D eigenvalue weighted by atomic mass is 16.1. The lowest BCUT2D eigenvalue weighted by Gasteiger charge is -2.34. The van der Waals surface area contributed by atoms with E-state index in [1.165, 1.54) is 0 Å². The van der Waals surface area contributed by atoms with Gasteiger partial charge in [0.1, 0.15) is 5.41 Å².